The zero-order valence-corrected chi connectivity index (χ0v) is 9.85. The molecule has 0 amide bonds. The summed E-state index contributed by atoms with van der Waals surface area (Å²) in [5, 5.41) is 8.71. The van der Waals surface area contributed by atoms with Gasteiger partial charge in [-0.15, -0.1) is 0 Å². The summed E-state index contributed by atoms with van der Waals surface area (Å²) in [6.07, 6.45) is -4.68. The Kier molecular flexibility index (Phi) is 3.44. The monoisotopic (exact) mass is 268 g/mol. The number of nitrogens with zero attached hydrogens (tertiary/aromatic N) is 3. The molecule has 1 heterocycles. The van der Waals surface area contributed by atoms with Crippen LogP contribution in [0.1, 0.15) is 11.9 Å². The van der Waals surface area contributed by atoms with Crippen LogP contribution in [0.5, 0.6) is 0 Å². The third-order valence-electron chi connectivity index (χ3n) is 2.82. The second kappa shape index (κ2) is 4.90. The Morgan fingerprint density at radius 1 is 1.37 bits per heavy atom. The van der Waals surface area contributed by atoms with Crippen LogP contribution in [-0.4, -0.2) is 22.3 Å². The van der Waals surface area contributed by atoms with E-state index in [4.69, 9.17) is 11.0 Å². The molecule has 0 aliphatic heterocycles. The number of halogens is 3. The molecule has 1 atom stereocenters. The quantitative estimate of drug-likeness (QED) is 0.927. The van der Waals surface area contributed by atoms with E-state index < -0.39 is 18.8 Å². The Bertz CT molecular complexity index is 624. The summed E-state index contributed by atoms with van der Waals surface area (Å²) in [5.74, 6) is 0.0801. The number of imidazole rings is 1. The lowest BCUT2D eigenvalue weighted by Crippen LogP contribution is -2.34. The first-order valence-corrected chi connectivity index (χ1v) is 5.58. The van der Waals surface area contributed by atoms with Crippen LogP contribution in [-0.2, 0) is 6.42 Å². The number of hydrogen-bond donors (Lipinski definition) is 1. The Morgan fingerprint density at radius 2 is 2.05 bits per heavy atom. The SMILES string of the molecule is N#CCc1nc2ccccc2n1C(CN)C(F)(F)F. The molecular formula is C12H11F3N4. The molecule has 2 N–H and O–H groups in total. The number of fused-ring (bicyclic) bond motifs is 1. The average Bonchev–Trinajstić information content (AvgIpc) is 2.68. The van der Waals surface area contributed by atoms with Crippen molar-refractivity contribution in [3.05, 3.63) is 30.1 Å². The van der Waals surface area contributed by atoms with Crippen molar-refractivity contribution >= 4 is 11.0 Å². The second-order valence-electron chi connectivity index (χ2n) is 4.01. The van der Waals surface area contributed by atoms with Gasteiger partial charge in [0.15, 0.2) is 0 Å². The van der Waals surface area contributed by atoms with Gasteiger partial charge in [-0.3, -0.25) is 0 Å². The summed E-state index contributed by atoms with van der Waals surface area (Å²) < 4.78 is 40.1. The normalized spacial score (nSPS) is 13.4. The Morgan fingerprint density at radius 3 is 2.63 bits per heavy atom. The minimum absolute atomic E-state index is 0.0801. The molecule has 1 aromatic heterocycles. The third kappa shape index (κ3) is 2.39. The average molecular weight is 268 g/mol. The van der Waals surface area contributed by atoms with Crippen molar-refractivity contribution < 1.29 is 13.2 Å². The molecule has 1 unspecified atom stereocenters. The highest BCUT2D eigenvalue weighted by Gasteiger charge is 2.41. The maximum atomic E-state index is 13.0. The van der Waals surface area contributed by atoms with Gasteiger partial charge < -0.3 is 10.3 Å². The summed E-state index contributed by atoms with van der Waals surface area (Å²) in [5.41, 5.74) is 6.01. The van der Waals surface area contributed by atoms with Crippen LogP contribution in [0.3, 0.4) is 0 Å². The molecule has 0 saturated heterocycles. The molecule has 0 spiro atoms. The van der Waals surface area contributed by atoms with Crippen molar-refractivity contribution in [1.29, 1.82) is 5.26 Å². The molecule has 0 aliphatic carbocycles. The van der Waals surface area contributed by atoms with E-state index in [1.165, 1.54) is 6.07 Å². The molecule has 100 valence electrons. The summed E-state index contributed by atoms with van der Waals surface area (Å²) in [7, 11) is 0. The Labute approximate surface area is 107 Å². The molecule has 0 bridgehead atoms. The van der Waals surface area contributed by atoms with E-state index in [9.17, 15) is 13.2 Å². The van der Waals surface area contributed by atoms with E-state index in [1.54, 1.807) is 18.2 Å². The topological polar surface area (TPSA) is 67.6 Å². The molecule has 4 nitrogen and oxygen atoms in total. The fourth-order valence-corrected chi connectivity index (χ4v) is 2.02. The predicted octanol–water partition coefficient (Wildman–Crippen LogP) is 2.16. The first-order valence-electron chi connectivity index (χ1n) is 5.58. The minimum atomic E-state index is -4.48. The maximum absolute atomic E-state index is 13.0. The van der Waals surface area contributed by atoms with Gasteiger partial charge in [0.25, 0.3) is 0 Å². The van der Waals surface area contributed by atoms with Crippen LogP contribution in [0.15, 0.2) is 24.3 Å². The Balaban J connectivity index is 2.68. The number of aromatic nitrogens is 2. The van der Waals surface area contributed by atoms with Crippen molar-refractivity contribution in [3.8, 4) is 6.07 Å². The van der Waals surface area contributed by atoms with Crippen LogP contribution in [0.4, 0.5) is 13.2 Å². The van der Waals surface area contributed by atoms with Crippen LogP contribution in [0.25, 0.3) is 11.0 Å². The van der Waals surface area contributed by atoms with Crippen LogP contribution >= 0.6 is 0 Å². The summed E-state index contributed by atoms with van der Waals surface area (Å²) in [6.45, 7) is -0.595. The van der Waals surface area contributed by atoms with Crippen LogP contribution in [0, 0.1) is 11.3 Å². The second-order valence-corrected chi connectivity index (χ2v) is 4.01. The zero-order chi connectivity index (χ0) is 14.0. The molecule has 0 fully saturated rings. The third-order valence-corrected chi connectivity index (χ3v) is 2.82. The lowest BCUT2D eigenvalue weighted by Gasteiger charge is -2.22. The number of alkyl halides is 3. The molecule has 19 heavy (non-hydrogen) atoms. The molecule has 7 heteroatoms. The molecule has 0 saturated carbocycles. The van der Waals surface area contributed by atoms with Crippen molar-refractivity contribution in [3.63, 3.8) is 0 Å². The maximum Gasteiger partial charge on any atom is 0.410 e. The number of nitrogens with two attached hydrogens (primary N) is 1. The van der Waals surface area contributed by atoms with Crippen molar-refractivity contribution in [2.75, 3.05) is 6.54 Å². The van der Waals surface area contributed by atoms with Gasteiger partial charge in [0.1, 0.15) is 11.9 Å². The van der Waals surface area contributed by atoms with Gasteiger partial charge in [-0.05, 0) is 12.1 Å². The molecule has 0 aliphatic rings. The van der Waals surface area contributed by atoms with Gasteiger partial charge in [0.05, 0.1) is 23.5 Å². The highest BCUT2D eigenvalue weighted by Crippen LogP contribution is 2.33. The van der Waals surface area contributed by atoms with E-state index in [0.717, 1.165) is 4.57 Å². The Hall–Kier alpha value is -2.07. The first kappa shape index (κ1) is 13.4. The van der Waals surface area contributed by atoms with Crippen LogP contribution < -0.4 is 5.73 Å². The van der Waals surface area contributed by atoms with Crippen LogP contribution in [0.2, 0.25) is 0 Å². The van der Waals surface area contributed by atoms with E-state index in [2.05, 4.69) is 4.98 Å². The van der Waals surface area contributed by atoms with Gasteiger partial charge in [-0.25, -0.2) is 4.98 Å². The number of hydrogen-bond acceptors (Lipinski definition) is 3. The highest BCUT2D eigenvalue weighted by molar-refractivity contribution is 5.76. The summed E-state index contributed by atoms with van der Waals surface area (Å²) in [6, 6.07) is 6.41. The van der Waals surface area contributed by atoms with Crippen molar-refractivity contribution in [1.82, 2.24) is 9.55 Å². The van der Waals surface area contributed by atoms with E-state index in [1.807, 2.05) is 6.07 Å². The lowest BCUT2D eigenvalue weighted by atomic mass is 10.2. The van der Waals surface area contributed by atoms with E-state index >= 15 is 0 Å². The van der Waals surface area contributed by atoms with E-state index in [-0.39, 0.29) is 12.2 Å². The fourth-order valence-electron chi connectivity index (χ4n) is 2.02. The van der Waals surface area contributed by atoms with Gasteiger partial charge in [0.2, 0.25) is 0 Å². The molecule has 1 aromatic carbocycles. The van der Waals surface area contributed by atoms with Crippen molar-refractivity contribution in [2.24, 2.45) is 5.73 Å². The number of nitriles is 1. The molecule has 0 radical (unpaired) electrons. The van der Waals surface area contributed by atoms with Gasteiger partial charge in [-0.2, -0.15) is 18.4 Å². The minimum Gasteiger partial charge on any atom is -0.328 e. The smallest absolute Gasteiger partial charge is 0.328 e. The summed E-state index contributed by atoms with van der Waals surface area (Å²) in [4.78, 5) is 4.07. The zero-order valence-electron chi connectivity index (χ0n) is 9.85. The molecule has 2 aromatic rings. The highest BCUT2D eigenvalue weighted by atomic mass is 19.4. The standard InChI is InChI=1S/C12H11F3N4/c13-12(14,15)10(7-17)19-9-4-2-1-3-8(9)18-11(19)5-6-16/h1-4,10H,5,7,17H2. The fraction of sp³-hybridized carbons (Fsp3) is 0.333. The molecular weight excluding hydrogens is 257 g/mol. The van der Waals surface area contributed by atoms with Gasteiger partial charge >= 0.3 is 6.18 Å². The van der Waals surface area contributed by atoms with Gasteiger partial charge in [-0.1, -0.05) is 12.1 Å². The number of para-hydroxylation sites is 2. The molecule has 2 rings (SSSR count). The first-order chi connectivity index (χ1) is 8.99. The predicted molar refractivity (Wildman–Crippen MR) is 63.2 cm³/mol. The number of rotatable bonds is 3. The lowest BCUT2D eigenvalue weighted by molar-refractivity contribution is -0.164. The van der Waals surface area contributed by atoms with Crippen molar-refractivity contribution in [2.45, 2.75) is 18.6 Å². The summed E-state index contributed by atoms with van der Waals surface area (Å²) >= 11 is 0. The van der Waals surface area contributed by atoms with E-state index in [0.29, 0.717) is 11.0 Å². The number of benzene rings is 1. The largest absolute Gasteiger partial charge is 0.410 e. The van der Waals surface area contributed by atoms with Gasteiger partial charge in [0, 0.05) is 6.54 Å².